The van der Waals surface area contributed by atoms with Gasteiger partial charge < -0.3 is 15.7 Å². The Balaban J connectivity index is 1.86. The van der Waals surface area contributed by atoms with Crippen LogP contribution in [0.3, 0.4) is 0 Å². The fourth-order valence-electron chi connectivity index (χ4n) is 2.06. The van der Waals surface area contributed by atoms with Crippen LogP contribution >= 0.6 is 0 Å². The van der Waals surface area contributed by atoms with Crippen molar-refractivity contribution >= 4 is 11.7 Å². The van der Waals surface area contributed by atoms with Crippen molar-refractivity contribution < 1.29 is 9.90 Å². The Kier molecular flexibility index (Phi) is 3.90. The lowest BCUT2D eigenvalue weighted by atomic mass is 10.0. The van der Waals surface area contributed by atoms with Crippen LogP contribution in [0.2, 0.25) is 0 Å². The molecule has 0 aliphatic carbocycles. The summed E-state index contributed by atoms with van der Waals surface area (Å²) in [6.07, 6.45) is 2.22. The molecule has 1 aliphatic rings. The molecule has 2 heterocycles. The van der Waals surface area contributed by atoms with Gasteiger partial charge >= 0.3 is 0 Å². The van der Waals surface area contributed by atoms with E-state index in [4.69, 9.17) is 5.11 Å². The van der Waals surface area contributed by atoms with E-state index in [1.165, 1.54) is 6.20 Å². The van der Waals surface area contributed by atoms with Crippen molar-refractivity contribution in [3.05, 3.63) is 18.3 Å². The van der Waals surface area contributed by atoms with Crippen molar-refractivity contribution in [3.63, 3.8) is 0 Å². The van der Waals surface area contributed by atoms with Gasteiger partial charge in [0.1, 0.15) is 11.6 Å². The second-order valence-electron chi connectivity index (χ2n) is 5.42. The first kappa shape index (κ1) is 13.6. The molecule has 1 saturated heterocycles. The molecule has 19 heavy (non-hydrogen) atoms. The summed E-state index contributed by atoms with van der Waals surface area (Å²) in [5, 5.41) is 18.5. The highest BCUT2D eigenvalue weighted by Gasteiger charge is 2.29. The van der Waals surface area contributed by atoms with Crippen LogP contribution in [0.4, 0.5) is 5.82 Å². The summed E-state index contributed by atoms with van der Waals surface area (Å²) in [4.78, 5) is 15.6. The zero-order valence-electron chi connectivity index (χ0n) is 11.2. The zero-order valence-corrected chi connectivity index (χ0v) is 11.2. The molecule has 6 heteroatoms. The average Bonchev–Trinajstić information content (AvgIpc) is 2.74. The van der Waals surface area contributed by atoms with Gasteiger partial charge in [-0.1, -0.05) is 0 Å². The van der Waals surface area contributed by atoms with Gasteiger partial charge in [0, 0.05) is 18.6 Å². The molecule has 0 radical (unpaired) electrons. The lowest BCUT2D eigenvalue weighted by molar-refractivity contribution is -0.121. The van der Waals surface area contributed by atoms with Crippen molar-refractivity contribution in [1.82, 2.24) is 15.6 Å². The topological polar surface area (TPSA) is 86.3 Å². The molecule has 0 aromatic carbocycles. The monoisotopic (exact) mass is 264 g/mol. The molecule has 104 valence electrons. The number of aromatic hydroxyl groups is 1. The van der Waals surface area contributed by atoms with Crippen LogP contribution in [0.5, 0.6) is 5.75 Å². The number of pyridine rings is 1. The van der Waals surface area contributed by atoms with Gasteiger partial charge in [0.15, 0.2) is 0 Å². The largest absolute Gasteiger partial charge is 0.506 e. The standard InChI is InChI=1S/C13H20N4O2/c1-13(2,17-10-5-6-14-12(10)19)8-16-11-4-3-9(18)7-15-11/h3-4,7,10,17-18H,5-6,8H2,1-2H3,(H,14,19)(H,15,16). The fourth-order valence-corrected chi connectivity index (χ4v) is 2.06. The predicted molar refractivity (Wildman–Crippen MR) is 73.0 cm³/mol. The van der Waals surface area contributed by atoms with Gasteiger partial charge in [-0.3, -0.25) is 10.1 Å². The second-order valence-corrected chi connectivity index (χ2v) is 5.42. The predicted octanol–water partition coefficient (Wildman–Crippen LogP) is 0.456. The molecular weight excluding hydrogens is 244 g/mol. The van der Waals surface area contributed by atoms with Crippen LogP contribution in [-0.4, -0.2) is 40.7 Å². The van der Waals surface area contributed by atoms with E-state index in [0.29, 0.717) is 12.4 Å². The van der Waals surface area contributed by atoms with Crippen LogP contribution in [0.1, 0.15) is 20.3 Å². The Morgan fingerprint density at radius 2 is 2.32 bits per heavy atom. The Hall–Kier alpha value is -1.82. The molecule has 4 N–H and O–H groups in total. The van der Waals surface area contributed by atoms with Crippen molar-refractivity contribution in [3.8, 4) is 5.75 Å². The van der Waals surface area contributed by atoms with Crippen molar-refractivity contribution in [2.75, 3.05) is 18.4 Å². The number of amides is 1. The first-order chi connectivity index (χ1) is 8.96. The van der Waals surface area contributed by atoms with Gasteiger partial charge in [0.25, 0.3) is 0 Å². The molecule has 1 atom stereocenters. The highest BCUT2D eigenvalue weighted by atomic mass is 16.3. The third-order valence-electron chi connectivity index (χ3n) is 3.07. The normalized spacial score (nSPS) is 19.3. The van der Waals surface area contributed by atoms with Gasteiger partial charge in [-0.05, 0) is 32.4 Å². The number of hydrogen-bond donors (Lipinski definition) is 4. The van der Waals surface area contributed by atoms with E-state index in [2.05, 4.69) is 20.9 Å². The summed E-state index contributed by atoms with van der Waals surface area (Å²) in [6.45, 7) is 5.44. The maximum Gasteiger partial charge on any atom is 0.237 e. The van der Waals surface area contributed by atoms with E-state index in [1.807, 2.05) is 13.8 Å². The maximum atomic E-state index is 11.5. The zero-order chi connectivity index (χ0) is 13.9. The number of hydrogen-bond acceptors (Lipinski definition) is 5. The smallest absolute Gasteiger partial charge is 0.237 e. The molecule has 1 unspecified atom stereocenters. The Morgan fingerprint density at radius 1 is 1.53 bits per heavy atom. The van der Waals surface area contributed by atoms with Gasteiger partial charge in [-0.25, -0.2) is 4.98 Å². The minimum absolute atomic E-state index is 0.0656. The van der Waals surface area contributed by atoms with E-state index in [0.717, 1.165) is 13.0 Å². The minimum Gasteiger partial charge on any atom is -0.506 e. The Morgan fingerprint density at radius 3 is 2.89 bits per heavy atom. The number of aromatic nitrogens is 1. The van der Waals surface area contributed by atoms with Gasteiger partial charge in [-0.15, -0.1) is 0 Å². The SMILES string of the molecule is CC(C)(CNc1ccc(O)cn1)NC1CCNC1=O. The highest BCUT2D eigenvalue weighted by molar-refractivity contribution is 5.83. The molecule has 1 fully saturated rings. The second kappa shape index (κ2) is 5.44. The third kappa shape index (κ3) is 3.82. The van der Waals surface area contributed by atoms with Crippen LogP contribution in [0, 0.1) is 0 Å². The van der Waals surface area contributed by atoms with Crippen LogP contribution < -0.4 is 16.0 Å². The Bertz CT molecular complexity index is 444. The number of nitrogens with zero attached hydrogens (tertiary/aromatic N) is 1. The Labute approximate surface area is 112 Å². The number of anilines is 1. The van der Waals surface area contributed by atoms with Crippen LogP contribution in [-0.2, 0) is 4.79 Å². The highest BCUT2D eigenvalue weighted by Crippen LogP contribution is 2.13. The van der Waals surface area contributed by atoms with E-state index in [9.17, 15) is 4.79 Å². The van der Waals surface area contributed by atoms with E-state index in [-0.39, 0.29) is 23.2 Å². The summed E-state index contributed by atoms with van der Waals surface area (Å²) in [6, 6.07) is 3.18. The van der Waals surface area contributed by atoms with Crippen molar-refractivity contribution in [2.45, 2.75) is 31.8 Å². The van der Waals surface area contributed by atoms with Crippen molar-refractivity contribution in [2.24, 2.45) is 0 Å². The van der Waals surface area contributed by atoms with E-state index >= 15 is 0 Å². The number of rotatable bonds is 5. The average molecular weight is 264 g/mol. The molecular formula is C13H20N4O2. The fraction of sp³-hybridized carbons (Fsp3) is 0.538. The van der Waals surface area contributed by atoms with Gasteiger partial charge in [0.05, 0.1) is 12.2 Å². The molecule has 0 saturated carbocycles. The first-order valence-corrected chi connectivity index (χ1v) is 6.41. The summed E-state index contributed by atoms with van der Waals surface area (Å²) >= 11 is 0. The number of carbonyl (C=O) groups is 1. The molecule has 6 nitrogen and oxygen atoms in total. The molecule has 1 aromatic heterocycles. The summed E-state index contributed by atoms with van der Waals surface area (Å²) < 4.78 is 0. The maximum absolute atomic E-state index is 11.5. The summed E-state index contributed by atoms with van der Waals surface area (Å²) in [7, 11) is 0. The molecule has 2 rings (SSSR count). The first-order valence-electron chi connectivity index (χ1n) is 6.41. The minimum atomic E-state index is -0.230. The number of nitrogens with one attached hydrogen (secondary N) is 3. The van der Waals surface area contributed by atoms with Gasteiger partial charge in [0.2, 0.25) is 5.91 Å². The van der Waals surface area contributed by atoms with Crippen molar-refractivity contribution in [1.29, 1.82) is 0 Å². The van der Waals surface area contributed by atoms with E-state index in [1.54, 1.807) is 12.1 Å². The molecule has 0 spiro atoms. The summed E-state index contributed by atoms with van der Waals surface area (Å²) in [5.41, 5.74) is -0.230. The molecule has 1 aliphatic heterocycles. The lowest BCUT2D eigenvalue weighted by Crippen LogP contribution is -2.52. The summed E-state index contributed by atoms with van der Waals surface area (Å²) in [5.74, 6) is 0.907. The third-order valence-corrected chi connectivity index (χ3v) is 3.07. The molecule has 0 bridgehead atoms. The van der Waals surface area contributed by atoms with E-state index < -0.39 is 0 Å². The van der Waals surface area contributed by atoms with Gasteiger partial charge in [-0.2, -0.15) is 0 Å². The van der Waals surface area contributed by atoms with Crippen LogP contribution in [0.25, 0.3) is 0 Å². The van der Waals surface area contributed by atoms with Crippen LogP contribution in [0.15, 0.2) is 18.3 Å². The molecule has 1 aromatic rings. The molecule has 1 amide bonds. The number of carbonyl (C=O) groups excluding carboxylic acids is 1. The lowest BCUT2D eigenvalue weighted by Gasteiger charge is -2.29. The quantitative estimate of drug-likeness (QED) is 0.620.